The number of aliphatic imine (C=N–C) groups is 1. The van der Waals surface area contributed by atoms with Gasteiger partial charge in [-0.25, -0.2) is 4.99 Å². The van der Waals surface area contributed by atoms with Crippen molar-refractivity contribution in [3.05, 3.63) is 29.8 Å². The van der Waals surface area contributed by atoms with Crippen LogP contribution < -0.4 is 4.90 Å². The van der Waals surface area contributed by atoms with Gasteiger partial charge in [0.25, 0.3) is 0 Å². The van der Waals surface area contributed by atoms with Crippen LogP contribution in [-0.4, -0.2) is 30.1 Å². The van der Waals surface area contributed by atoms with E-state index >= 15 is 0 Å². The zero-order valence-electron chi connectivity index (χ0n) is 9.64. The fourth-order valence-corrected chi connectivity index (χ4v) is 3.08. The molecule has 3 rings (SSSR count). The van der Waals surface area contributed by atoms with E-state index in [2.05, 4.69) is 17.1 Å². The summed E-state index contributed by atoms with van der Waals surface area (Å²) in [7, 11) is 1.98. The summed E-state index contributed by atoms with van der Waals surface area (Å²) in [6.45, 7) is 0.587. The van der Waals surface area contributed by atoms with Crippen LogP contribution in [0, 0.1) is 0 Å². The van der Waals surface area contributed by atoms with Gasteiger partial charge in [-0.2, -0.15) is 0 Å². The fourth-order valence-electron chi connectivity index (χ4n) is 2.35. The van der Waals surface area contributed by atoms with E-state index in [-0.39, 0.29) is 0 Å². The standard InChI is InChI=1S/C12H12N2OS2/c1-14-9-6-4-3-5-8(9)12(10(14)16)7-13-11(15-12)17-2/h3-6H,7H2,1-2H3. The van der Waals surface area contributed by atoms with Crippen LogP contribution in [0.2, 0.25) is 0 Å². The molecule has 1 spiro atoms. The second-order valence-corrected chi connectivity index (χ2v) is 5.24. The maximum absolute atomic E-state index is 6.00. The lowest BCUT2D eigenvalue weighted by Crippen LogP contribution is -2.39. The van der Waals surface area contributed by atoms with Gasteiger partial charge in [-0.15, -0.1) is 0 Å². The molecule has 1 aromatic rings. The number of anilines is 1. The number of nitrogens with zero attached hydrogens (tertiary/aromatic N) is 2. The molecule has 1 aromatic carbocycles. The predicted molar refractivity (Wildman–Crippen MR) is 76.0 cm³/mol. The number of benzene rings is 1. The molecule has 2 aliphatic rings. The van der Waals surface area contributed by atoms with Gasteiger partial charge >= 0.3 is 0 Å². The molecule has 2 heterocycles. The second kappa shape index (κ2) is 3.71. The van der Waals surface area contributed by atoms with Gasteiger partial charge in [0.05, 0.1) is 6.54 Å². The number of rotatable bonds is 0. The summed E-state index contributed by atoms with van der Waals surface area (Å²) in [5, 5.41) is 0.720. The van der Waals surface area contributed by atoms with Crippen LogP contribution in [-0.2, 0) is 10.3 Å². The van der Waals surface area contributed by atoms with Crippen molar-refractivity contribution in [3.8, 4) is 0 Å². The van der Waals surface area contributed by atoms with Gasteiger partial charge in [-0.3, -0.25) is 0 Å². The van der Waals surface area contributed by atoms with Crippen molar-refractivity contribution in [2.24, 2.45) is 4.99 Å². The number of likely N-dealkylation sites (N-methyl/N-ethyl adjacent to an activating group) is 1. The summed E-state index contributed by atoms with van der Waals surface area (Å²) < 4.78 is 6.00. The maximum atomic E-state index is 6.00. The van der Waals surface area contributed by atoms with E-state index in [1.54, 1.807) is 0 Å². The number of thiocarbonyl (C=S) groups is 1. The minimum Gasteiger partial charge on any atom is -0.452 e. The third-order valence-electron chi connectivity index (χ3n) is 3.22. The number of hydrogen-bond donors (Lipinski definition) is 0. The lowest BCUT2D eigenvalue weighted by molar-refractivity contribution is 0.176. The molecule has 0 saturated carbocycles. The van der Waals surface area contributed by atoms with Crippen LogP contribution in [0.4, 0.5) is 5.69 Å². The summed E-state index contributed by atoms with van der Waals surface area (Å²) in [5.74, 6) is 0. The van der Waals surface area contributed by atoms with E-state index in [9.17, 15) is 0 Å². The van der Waals surface area contributed by atoms with Gasteiger partial charge in [0.15, 0.2) is 0 Å². The van der Waals surface area contributed by atoms with Crippen molar-refractivity contribution < 1.29 is 4.74 Å². The molecule has 0 radical (unpaired) electrons. The molecule has 17 heavy (non-hydrogen) atoms. The zero-order chi connectivity index (χ0) is 12.0. The summed E-state index contributed by atoms with van der Waals surface area (Å²) in [6.07, 6.45) is 1.96. The molecule has 0 bridgehead atoms. The van der Waals surface area contributed by atoms with Crippen molar-refractivity contribution in [2.45, 2.75) is 5.60 Å². The minimum atomic E-state index is -0.543. The average Bonchev–Trinajstić information content (AvgIpc) is 2.89. The summed E-state index contributed by atoms with van der Waals surface area (Å²) in [5.41, 5.74) is 1.70. The number of fused-ring (bicyclic) bond motifs is 2. The first-order valence-corrected chi connectivity index (χ1v) is 6.97. The molecule has 3 nitrogen and oxygen atoms in total. The third kappa shape index (κ3) is 1.35. The Morgan fingerprint density at radius 3 is 2.94 bits per heavy atom. The Morgan fingerprint density at radius 2 is 2.24 bits per heavy atom. The van der Waals surface area contributed by atoms with E-state index in [0.29, 0.717) is 6.54 Å². The van der Waals surface area contributed by atoms with Crippen LogP contribution in [0.3, 0.4) is 0 Å². The first kappa shape index (κ1) is 11.0. The maximum Gasteiger partial charge on any atom is 0.247 e. The van der Waals surface area contributed by atoms with Gasteiger partial charge in [0.1, 0.15) is 4.99 Å². The van der Waals surface area contributed by atoms with Gasteiger partial charge in [-0.1, -0.05) is 42.2 Å². The van der Waals surface area contributed by atoms with Crippen LogP contribution in [0.15, 0.2) is 29.3 Å². The molecule has 0 amide bonds. The highest BCUT2D eigenvalue weighted by Crippen LogP contribution is 2.45. The smallest absolute Gasteiger partial charge is 0.247 e. The van der Waals surface area contributed by atoms with Gasteiger partial charge in [-0.05, 0) is 12.3 Å². The van der Waals surface area contributed by atoms with E-state index in [1.165, 1.54) is 11.8 Å². The molecule has 0 fully saturated rings. The first-order valence-electron chi connectivity index (χ1n) is 5.34. The number of para-hydroxylation sites is 1. The van der Waals surface area contributed by atoms with Crippen LogP contribution in [0.25, 0.3) is 0 Å². The Morgan fingerprint density at radius 1 is 1.47 bits per heavy atom. The Kier molecular flexibility index (Phi) is 2.41. The van der Waals surface area contributed by atoms with Crippen LogP contribution in [0.5, 0.6) is 0 Å². The zero-order valence-corrected chi connectivity index (χ0v) is 11.3. The van der Waals surface area contributed by atoms with E-state index in [0.717, 1.165) is 21.5 Å². The number of hydrogen-bond acceptors (Lipinski definition) is 4. The molecule has 0 N–H and O–H groups in total. The van der Waals surface area contributed by atoms with Crippen LogP contribution >= 0.6 is 24.0 Å². The monoisotopic (exact) mass is 264 g/mol. The summed E-state index contributed by atoms with van der Waals surface area (Å²) in [4.78, 5) is 7.23. The SMILES string of the molecule is CSC1=NCC2(O1)C(=S)N(C)c1ccccc12. The lowest BCUT2D eigenvalue weighted by Gasteiger charge is -2.24. The van der Waals surface area contributed by atoms with Crippen molar-refractivity contribution in [3.63, 3.8) is 0 Å². The Balaban J connectivity index is 2.11. The van der Waals surface area contributed by atoms with Gasteiger partial charge < -0.3 is 9.64 Å². The quantitative estimate of drug-likeness (QED) is 0.672. The van der Waals surface area contributed by atoms with Crippen molar-refractivity contribution in [2.75, 3.05) is 24.7 Å². The van der Waals surface area contributed by atoms with E-state index in [1.807, 2.05) is 30.3 Å². The van der Waals surface area contributed by atoms with Crippen molar-refractivity contribution in [1.82, 2.24) is 0 Å². The molecular weight excluding hydrogens is 252 g/mol. The Hall–Kier alpha value is -1.07. The molecular formula is C12H12N2OS2. The number of ether oxygens (including phenoxy) is 1. The normalized spacial score (nSPS) is 26.1. The van der Waals surface area contributed by atoms with Crippen molar-refractivity contribution in [1.29, 1.82) is 0 Å². The molecule has 1 atom stereocenters. The Bertz CT molecular complexity index is 529. The highest BCUT2D eigenvalue weighted by Gasteiger charge is 2.51. The predicted octanol–water partition coefficient (Wildman–Crippen LogP) is 2.41. The van der Waals surface area contributed by atoms with E-state index in [4.69, 9.17) is 17.0 Å². The summed E-state index contributed by atoms with van der Waals surface area (Å²) >= 11 is 7.06. The summed E-state index contributed by atoms with van der Waals surface area (Å²) in [6, 6.07) is 8.17. The van der Waals surface area contributed by atoms with E-state index < -0.39 is 5.60 Å². The molecule has 0 aliphatic carbocycles. The topological polar surface area (TPSA) is 24.8 Å². The molecule has 2 aliphatic heterocycles. The van der Waals surface area contributed by atoms with Crippen LogP contribution in [0.1, 0.15) is 5.56 Å². The molecule has 0 aromatic heterocycles. The second-order valence-electron chi connectivity index (χ2n) is 4.10. The molecule has 5 heteroatoms. The lowest BCUT2D eigenvalue weighted by atomic mass is 9.96. The Labute approximate surface area is 110 Å². The minimum absolute atomic E-state index is 0.543. The largest absolute Gasteiger partial charge is 0.452 e. The molecule has 0 saturated heterocycles. The molecule has 88 valence electrons. The first-order chi connectivity index (χ1) is 8.19. The third-order valence-corrected chi connectivity index (χ3v) is 4.38. The highest BCUT2D eigenvalue weighted by molar-refractivity contribution is 8.13. The average molecular weight is 264 g/mol. The highest BCUT2D eigenvalue weighted by atomic mass is 32.2. The fraction of sp³-hybridized carbons (Fsp3) is 0.333. The molecule has 1 unspecified atom stereocenters. The van der Waals surface area contributed by atoms with Gasteiger partial charge in [0.2, 0.25) is 10.8 Å². The van der Waals surface area contributed by atoms with Crippen molar-refractivity contribution >= 4 is 39.9 Å². The number of thioether (sulfide) groups is 1. The van der Waals surface area contributed by atoms with Gasteiger partial charge in [0, 0.05) is 18.3 Å².